The van der Waals surface area contributed by atoms with Gasteiger partial charge in [-0.15, -0.1) is 0 Å². The van der Waals surface area contributed by atoms with Crippen molar-refractivity contribution in [3.63, 3.8) is 0 Å². The lowest BCUT2D eigenvalue weighted by molar-refractivity contribution is -0.183. The van der Waals surface area contributed by atoms with E-state index in [1.54, 1.807) is 18.1 Å². The number of halogens is 3. The van der Waals surface area contributed by atoms with Crippen molar-refractivity contribution in [2.24, 2.45) is 17.8 Å². The molecule has 130 valence electrons. The molecule has 0 spiro atoms. The molecular formula is C15H23F3N4O. The fourth-order valence-corrected chi connectivity index (χ4v) is 2.96. The van der Waals surface area contributed by atoms with Crippen LogP contribution in [0.15, 0.2) is 12.4 Å². The average molecular weight is 332 g/mol. The van der Waals surface area contributed by atoms with E-state index < -0.39 is 23.9 Å². The smallest absolute Gasteiger partial charge is 0.349 e. The fraction of sp³-hybridized carbons (Fsp3) is 0.733. The number of likely N-dealkylation sites (tertiary alicyclic amines) is 1. The molecule has 0 aromatic carbocycles. The van der Waals surface area contributed by atoms with E-state index in [9.17, 15) is 18.0 Å². The zero-order chi connectivity index (χ0) is 17.2. The zero-order valence-corrected chi connectivity index (χ0v) is 13.6. The van der Waals surface area contributed by atoms with Gasteiger partial charge in [0.05, 0.1) is 18.4 Å². The SMILES string of the molecule is CC(C)Cn1ccnc1CNC(=O)[C@@H]1CN(C)C[C@H]1C(F)(F)F. The molecule has 1 aromatic rings. The summed E-state index contributed by atoms with van der Waals surface area (Å²) < 4.78 is 41.0. The molecule has 1 aromatic heterocycles. The van der Waals surface area contributed by atoms with Crippen molar-refractivity contribution in [3.05, 3.63) is 18.2 Å². The van der Waals surface area contributed by atoms with Crippen molar-refractivity contribution in [1.29, 1.82) is 0 Å². The molecule has 0 radical (unpaired) electrons. The van der Waals surface area contributed by atoms with Crippen LogP contribution in [0.3, 0.4) is 0 Å². The highest BCUT2D eigenvalue weighted by molar-refractivity contribution is 5.79. The van der Waals surface area contributed by atoms with Crippen LogP contribution in [0.2, 0.25) is 0 Å². The van der Waals surface area contributed by atoms with Gasteiger partial charge in [-0.3, -0.25) is 4.79 Å². The molecule has 1 fully saturated rings. The molecule has 0 aliphatic carbocycles. The number of carbonyl (C=O) groups is 1. The second-order valence-electron chi connectivity index (χ2n) is 6.58. The van der Waals surface area contributed by atoms with Gasteiger partial charge in [0, 0.05) is 32.0 Å². The van der Waals surface area contributed by atoms with Gasteiger partial charge in [-0.25, -0.2) is 4.98 Å². The molecule has 8 heteroatoms. The molecular weight excluding hydrogens is 309 g/mol. The van der Waals surface area contributed by atoms with Crippen LogP contribution in [0.4, 0.5) is 13.2 Å². The van der Waals surface area contributed by atoms with Crippen molar-refractivity contribution in [3.8, 4) is 0 Å². The molecule has 23 heavy (non-hydrogen) atoms. The Kier molecular flexibility index (Phi) is 5.33. The van der Waals surface area contributed by atoms with Crippen molar-refractivity contribution >= 4 is 5.91 Å². The van der Waals surface area contributed by atoms with Gasteiger partial charge < -0.3 is 14.8 Å². The summed E-state index contributed by atoms with van der Waals surface area (Å²) in [4.78, 5) is 17.9. The Balaban J connectivity index is 1.98. The monoisotopic (exact) mass is 332 g/mol. The highest BCUT2D eigenvalue weighted by atomic mass is 19.4. The third-order valence-corrected chi connectivity index (χ3v) is 4.04. The highest BCUT2D eigenvalue weighted by Gasteiger charge is 2.51. The lowest BCUT2D eigenvalue weighted by Gasteiger charge is -2.20. The van der Waals surface area contributed by atoms with E-state index in [1.807, 2.05) is 10.8 Å². The molecule has 1 aliphatic rings. The lowest BCUT2D eigenvalue weighted by Crippen LogP contribution is -2.40. The van der Waals surface area contributed by atoms with E-state index in [2.05, 4.69) is 24.1 Å². The first-order valence-corrected chi connectivity index (χ1v) is 7.71. The van der Waals surface area contributed by atoms with E-state index in [-0.39, 0.29) is 19.6 Å². The predicted molar refractivity (Wildman–Crippen MR) is 79.4 cm³/mol. The van der Waals surface area contributed by atoms with Crippen molar-refractivity contribution in [2.45, 2.75) is 33.1 Å². The van der Waals surface area contributed by atoms with E-state index in [0.29, 0.717) is 11.7 Å². The molecule has 2 rings (SSSR count). The van der Waals surface area contributed by atoms with E-state index in [0.717, 1.165) is 6.54 Å². The number of amides is 1. The second kappa shape index (κ2) is 6.90. The molecule has 2 atom stereocenters. The largest absolute Gasteiger partial charge is 0.393 e. The van der Waals surface area contributed by atoms with Gasteiger partial charge >= 0.3 is 6.18 Å². The van der Waals surface area contributed by atoms with Crippen LogP contribution in [0.1, 0.15) is 19.7 Å². The molecule has 1 saturated heterocycles. The standard InChI is InChI=1S/C15H23F3N4O/c1-10(2)7-22-5-4-19-13(22)6-20-14(23)11-8-21(3)9-12(11)15(16,17)18/h4-5,10-12H,6-9H2,1-3H3,(H,20,23)/t11-,12-/m1/s1. The summed E-state index contributed by atoms with van der Waals surface area (Å²) in [6.07, 6.45) is -0.919. The van der Waals surface area contributed by atoms with E-state index in [4.69, 9.17) is 0 Å². The maximum Gasteiger partial charge on any atom is 0.393 e. The number of nitrogens with zero attached hydrogens (tertiary/aromatic N) is 3. The van der Waals surface area contributed by atoms with Crippen LogP contribution in [-0.4, -0.2) is 46.7 Å². The van der Waals surface area contributed by atoms with Crippen molar-refractivity contribution in [2.75, 3.05) is 20.1 Å². The topological polar surface area (TPSA) is 50.2 Å². The molecule has 0 bridgehead atoms. The van der Waals surface area contributed by atoms with Crippen LogP contribution in [0.5, 0.6) is 0 Å². The van der Waals surface area contributed by atoms with Crippen LogP contribution in [0, 0.1) is 17.8 Å². The molecule has 5 nitrogen and oxygen atoms in total. The van der Waals surface area contributed by atoms with Crippen molar-refractivity contribution in [1.82, 2.24) is 19.8 Å². The van der Waals surface area contributed by atoms with Gasteiger partial charge in [0.15, 0.2) is 0 Å². The number of alkyl halides is 3. The molecule has 1 N–H and O–H groups in total. The first-order chi connectivity index (χ1) is 10.7. The summed E-state index contributed by atoms with van der Waals surface area (Å²) in [7, 11) is 1.60. The fourth-order valence-electron chi connectivity index (χ4n) is 2.96. The molecule has 2 heterocycles. The molecule has 0 saturated carbocycles. The minimum absolute atomic E-state index is 0.121. The zero-order valence-electron chi connectivity index (χ0n) is 13.6. The van der Waals surface area contributed by atoms with Gasteiger partial charge in [-0.2, -0.15) is 13.2 Å². The maximum absolute atomic E-state index is 13.0. The first-order valence-electron chi connectivity index (χ1n) is 7.71. The summed E-state index contributed by atoms with van der Waals surface area (Å²) in [5.74, 6) is -2.16. The van der Waals surface area contributed by atoms with Gasteiger partial charge in [-0.05, 0) is 13.0 Å². The maximum atomic E-state index is 13.0. The lowest BCUT2D eigenvalue weighted by atomic mass is 9.94. The normalized spacial score (nSPS) is 22.7. The van der Waals surface area contributed by atoms with Crippen LogP contribution >= 0.6 is 0 Å². The van der Waals surface area contributed by atoms with Crippen molar-refractivity contribution < 1.29 is 18.0 Å². The summed E-state index contributed by atoms with van der Waals surface area (Å²) in [6.45, 7) is 5.00. The highest BCUT2D eigenvalue weighted by Crippen LogP contribution is 2.37. The number of hydrogen-bond donors (Lipinski definition) is 1. The van der Waals surface area contributed by atoms with Crippen LogP contribution in [-0.2, 0) is 17.9 Å². The third-order valence-electron chi connectivity index (χ3n) is 4.04. The first kappa shape index (κ1) is 17.8. The second-order valence-corrected chi connectivity index (χ2v) is 6.58. The number of imidazole rings is 1. The predicted octanol–water partition coefficient (Wildman–Crippen LogP) is 1.90. The quantitative estimate of drug-likeness (QED) is 0.896. The Hall–Kier alpha value is -1.57. The summed E-state index contributed by atoms with van der Waals surface area (Å²) in [5.41, 5.74) is 0. The van der Waals surface area contributed by atoms with Gasteiger partial charge in [-0.1, -0.05) is 13.8 Å². The summed E-state index contributed by atoms with van der Waals surface area (Å²) >= 11 is 0. The number of hydrogen-bond acceptors (Lipinski definition) is 3. The Morgan fingerprint density at radius 3 is 2.74 bits per heavy atom. The van der Waals surface area contributed by atoms with E-state index in [1.165, 1.54) is 0 Å². The third kappa shape index (κ3) is 4.46. The van der Waals surface area contributed by atoms with Gasteiger partial charge in [0.25, 0.3) is 0 Å². The Bertz CT molecular complexity index is 541. The molecule has 0 unspecified atom stereocenters. The van der Waals surface area contributed by atoms with Crippen LogP contribution < -0.4 is 5.32 Å². The Morgan fingerprint density at radius 1 is 1.43 bits per heavy atom. The minimum Gasteiger partial charge on any atom is -0.349 e. The Morgan fingerprint density at radius 2 is 2.13 bits per heavy atom. The number of carbonyl (C=O) groups excluding carboxylic acids is 1. The summed E-state index contributed by atoms with van der Waals surface area (Å²) in [6, 6.07) is 0. The van der Waals surface area contributed by atoms with E-state index >= 15 is 0 Å². The van der Waals surface area contributed by atoms with Gasteiger partial charge in [0.1, 0.15) is 5.82 Å². The summed E-state index contributed by atoms with van der Waals surface area (Å²) in [5, 5.41) is 2.61. The number of rotatable bonds is 5. The number of aromatic nitrogens is 2. The molecule has 1 amide bonds. The Labute approximate surface area is 133 Å². The van der Waals surface area contributed by atoms with Crippen LogP contribution in [0.25, 0.3) is 0 Å². The average Bonchev–Trinajstić information content (AvgIpc) is 3.01. The molecule has 1 aliphatic heterocycles. The van der Waals surface area contributed by atoms with Gasteiger partial charge in [0.2, 0.25) is 5.91 Å². The minimum atomic E-state index is -4.36. The number of nitrogens with one attached hydrogen (secondary N) is 1.